The van der Waals surface area contributed by atoms with Gasteiger partial charge in [-0.1, -0.05) is 6.58 Å². The lowest BCUT2D eigenvalue weighted by atomic mass is 10.5. The van der Waals surface area contributed by atoms with E-state index in [4.69, 9.17) is 4.43 Å². The van der Waals surface area contributed by atoms with Gasteiger partial charge in [0.2, 0.25) is 14.2 Å². The third-order valence-electron chi connectivity index (χ3n) is 1.34. The van der Waals surface area contributed by atoms with Gasteiger partial charge >= 0.3 is 5.97 Å². The number of hydrogen-bond donors (Lipinski definition) is 0. The molecule has 0 spiro atoms. The smallest absolute Gasteiger partial charge is 0.312 e. The number of nitrogens with zero attached hydrogens (tertiary/aromatic N) is 1. The van der Waals surface area contributed by atoms with Crippen molar-refractivity contribution in [3.8, 4) is 0 Å². The van der Waals surface area contributed by atoms with E-state index in [1.807, 2.05) is 19.6 Å². The summed E-state index contributed by atoms with van der Waals surface area (Å²) in [5, 5.41) is 0. The van der Waals surface area contributed by atoms with Crippen molar-refractivity contribution in [2.24, 2.45) is 0 Å². The molecule has 5 heteroatoms. The number of rotatable bonds is 4. The summed E-state index contributed by atoms with van der Waals surface area (Å²) < 4.78 is 5.18. The van der Waals surface area contributed by atoms with Crippen LogP contribution in [0, 0.1) is 0 Å². The Kier molecular flexibility index (Phi) is 4.56. The Morgan fingerprint density at radius 2 is 1.93 bits per heavy atom. The minimum Gasteiger partial charge on any atom is -0.519 e. The SMILES string of the molecule is C=CN(CC(=O)O[Si](C)(C)C)C(C)=O. The van der Waals surface area contributed by atoms with Crippen LogP contribution >= 0.6 is 0 Å². The first-order chi connectivity index (χ1) is 6.26. The van der Waals surface area contributed by atoms with E-state index in [1.165, 1.54) is 18.0 Å². The molecule has 0 aromatic heterocycles. The topological polar surface area (TPSA) is 46.6 Å². The maximum absolute atomic E-state index is 11.3. The molecule has 4 nitrogen and oxygen atoms in total. The zero-order valence-electron chi connectivity index (χ0n) is 9.16. The molecular formula is C9H17NO3Si. The Morgan fingerprint density at radius 3 is 2.21 bits per heavy atom. The molecule has 0 N–H and O–H groups in total. The second kappa shape index (κ2) is 4.95. The van der Waals surface area contributed by atoms with E-state index in [0.717, 1.165) is 0 Å². The number of amides is 1. The third-order valence-corrected chi connectivity index (χ3v) is 2.18. The molecule has 0 aliphatic rings. The van der Waals surface area contributed by atoms with Crippen LogP contribution in [0.5, 0.6) is 0 Å². The van der Waals surface area contributed by atoms with E-state index in [1.54, 1.807) is 0 Å². The molecule has 0 radical (unpaired) electrons. The number of hydrogen-bond acceptors (Lipinski definition) is 3. The number of carbonyl (C=O) groups excluding carboxylic acids is 2. The Bertz CT molecular complexity index is 245. The molecule has 0 unspecified atom stereocenters. The van der Waals surface area contributed by atoms with Gasteiger partial charge in [-0.15, -0.1) is 0 Å². The highest BCUT2D eigenvalue weighted by Gasteiger charge is 2.21. The fourth-order valence-corrected chi connectivity index (χ4v) is 1.56. The lowest BCUT2D eigenvalue weighted by Gasteiger charge is -2.20. The summed E-state index contributed by atoms with van der Waals surface area (Å²) in [4.78, 5) is 23.5. The molecule has 0 bridgehead atoms. The van der Waals surface area contributed by atoms with E-state index in [9.17, 15) is 9.59 Å². The molecule has 0 aromatic carbocycles. The van der Waals surface area contributed by atoms with Crippen LogP contribution in [0.4, 0.5) is 0 Å². The van der Waals surface area contributed by atoms with Gasteiger partial charge in [-0.2, -0.15) is 0 Å². The van der Waals surface area contributed by atoms with Gasteiger partial charge in [0.15, 0.2) is 0 Å². The first kappa shape index (κ1) is 12.9. The van der Waals surface area contributed by atoms with Gasteiger partial charge in [0.1, 0.15) is 6.54 Å². The molecule has 80 valence electrons. The highest BCUT2D eigenvalue weighted by atomic mass is 28.4. The predicted molar refractivity (Wildman–Crippen MR) is 57.0 cm³/mol. The Labute approximate surface area is 85.7 Å². The van der Waals surface area contributed by atoms with Crippen molar-refractivity contribution < 1.29 is 14.0 Å². The summed E-state index contributed by atoms with van der Waals surface area (Å²) in [7, 11) is -1.86. The average molecular weight is 215 g/mol. The van der Waals surface area contributed by atoms with Crippen molar-refractivity contribution in [1.29, 1.82) is 0 Å². The standard InChI is InChI=1S/C9H17NO3Si/c1-6-10(8(2)11)7-9(12)13-14(3,4)5/h6H,1,7H2,2-5H3. The van der Waals surface area contributed by atoms with Gasteiger partial charge in [0.25, 0.3) is 0 Å². The summed E-state index contributed by atoms with van der Waals surface area (Å²) in [6, 6.07) is 0. The van der Waals surface area contributed by atoms with E-state index in [2.05, 4.69) is 6.58 Å². The zero-order chi connectivity index (χ0) is 11.4. The van der Waals surface area contributed by atoms with Crippen molar-refractivity contribution in [2.45, 2.75) is 26.6 Å². The summed E-state index contributed by atoms with van der Waals surface area (Å²) >= 11 is 0. The molecule has 0 heterocycles. The van der Waals surface area contributed by atoms with Crippen LogP contribution in [0.25, 0.3) is 0 Å². The van der Waals surface area contributed by atoms with Crippen LogP contribution < -0.4 is 0 Å². The lowest BCUT2D eigenvalue weighted by Crippen LogP contribution is -2.36. The van der Waals surface area contributed by atoms with Crippen LogP contribution in [-0.2, 0) is 14.0 Å². The van der Waals surface area contributed by atoms with Crippen molar-refractivity contribution in [3.05, 3.63) is 12.8 Å². The van der Waals surface area contributed by atoms with Crippen molar-refractivity contribution >= 4 is 20.2 Å². The summed E-state index contributed by atoms with van der Waals surface area (Å²) in [5.41, 5.74) is 0. The maximum Gasteiger partial charge on any atom is 0.312 e. The van der Waals surface area contributed by atoms with Gasteiger partial charge in [0, 0.05) is 13.1 Å². The first-order valence-electron chi connectivity index (χ1n) is 4.38. The molecule has 0 aromatic rings. The van der Waals surface area contributed by atoms with Crippen LogP contribution in [0.2, 0.25) is 19.6 Å². The van der Waals surface area contributed by atoms with Crippen molar-refractivity contribution in [1.82, 2.24) is 4.90 Å². The minimum absolute atomic E-state index is 0.0525. The second-order valence-corrected chi connectivity index (χ2v) is 8.34. The van der Waals surface area contributed by atoms with Gasteiger partial charge < -0.3 is 9.33 Å². The molecule has 0 fully saturated rings. The molecule has 0 aliphatic carbocycles. The summed E-state index contributed by atoms with van der Waals surface area (Å²) in [5.74, 6) is -0.591. The molecule has 0 aliphatic heterocycles. The Morgan fingerprint density at radius 1 is 1.43 bits per heavy atom. The highest BCUT2D eigenvalue weighted by Crippen LogP contribution is 2.03. The van der Waals surface area contributed by atoms with Gasteiger partial charge in [-0.3, -0.25) is 9.59 Å². The number of carbonyl (C=O) groups is 2. The van der Waals surface area contributed by atoms with E-state index in [-0.39, 0.29) is 18.4 Å². The average Bonchev–Trinajstić information content (AvgIpc) is 1.96. The zero-order valence-corrected chi connectivity index (χ0v) is 10.2. The molecule has 0 atom stereocenters. The van der Waals surface area contributed by atoms with Crippen molar-refractivity contribution in [3.63, 3.8) is 0 Å². The van der Waals surface area contributed by atoms with Crippen molar-refractivity contribution in [2.75, 3.05) is 6.54 Å². The van der Waals surface area contributed by atoms with Gasteiger partial charge in [0.05, 0.1) is 0 Å². The Hall–Kier alpha value is -1.10. The van der Waals surface area contributed by atoms with Gasteiger partial charge in [-0.05, 0) is 19.6 Å². The molecule has 0 rings (SSSR count). The predicted octanol–water partition coefficient (Wildman–Crippen LogP) is 1.36. The molecule has 1 amide bonds. The lowest BCUT2D eigenvalue weighted by molar-refractivity contribution is -0.140. The van der Waals surface area contributed by atoms with E-state index < -0.39 is 8.32 Å². The summed E-state index contributed by atoms with van der Waals surface area (Å²) in [6.45, 7) is 10.5. The Balaban J connectivity index is 4.18. The second-order valence-electron chi connectivity index (χ2n) is 3.92. The highest BCUT2D eigenvalue weighted by molar-refractivity contribution is 6.71. The molecule has 14 heavy (non-hydrogen) atoms. The molecule has 0 saturated carbocycles. The van der Waals surface area contributed by atoms with Gasteiger partial charge in [-0.25, -0.2) is 0 Å². The van der Waals surface area contributed by atoms with E-state index >= 15 is 0 Å². The van der Waals surface area contributed by atoms with Crippen LogP contribution in [0.1, 0.15) is 6.92 Å². The fourth-order valence-electron chi connectivity index (χ4n) is 0.817. The largest absolute Gasteiger partial charge is 0.519 e. The van der Waals surface area contributed by atoms with E-state index in [0.29, 0.717) is 0 Å². The fraction of sp³-hybridized carbons (Fsp3) is 0.556. The summed E-state index contributed by atoms with van der Waals surface area (Å²) in [6.07, 6.45) is 1.33. The maximum atomic E-state index is 11.3. The normalized spacial score (nSPS) is 10.6. The minimum atomic E-state index is -1.86. The first-order valence-corrected chi connectivity index (χ1v) is 7.78. The quantitative estimate of drug-likeness (QED) is 0.665. The third kappa shape index (κ3) is 5.53. The monoisotopic (exact) mass is 215 g/mol. The molecular weight excluding hydrogens is 198 g/mol. The molecule has 0 saturated heterocycles. The van der Waals surface area contributed by atoms with Crippen LogP contribution in [-0.4, -0.2) is 31.6 Å². The van der Waals surface area contributed by atoms with Crippen LogP contribution in [0.3, 0.4) is 0 Å². The van der Waals surface area contributed by atoms with Crippen LogP contribution in [0.15, 0.2) is 12.8 Å².